The number of nitrogens with one attached hydrogen (secondary N) is 2. The molecule has 4 N–H and O–H groups in total. The fourth-order valence-electron chi connectivity index (χ4n) is 1.97. The van der Waals surface area contributed by atoms with Gasteiger partial charge in [0.15, 0.2) is 0 Å². The molecule has 1 saturated heterocycles. The Hall–Kier alpha value is -1.99. The summed E-state index contributed by atoms with van der Waals surface area (Å²) in [5, 5.41) is 2.82. The highest BCUT2D eigenvalue weighted by atomic mass is 16.2. The number of carbonyl (C=O) groups excluding carboxylic acids is 2. The third kappa shape index (κ3) is 3.73. The van der Waals surface area contributed by atoms with Crippen LogP contribution in [0.2, 0.25) is 0 Å². The molecule has 0 atom stereocenters. The van der Waals surface area contributed by atoms with Gasteiger partial charge < -0.3 is 5.32 Å². The maximum absolute atomic E-state index is 11.4. The van der Waals surface area contributed by atoms with Crippen molar-refractivity contribution in [2.75, 3.05) is 19.6 Å². The van der Waals surface area contributed by atoms with E-state index in [4.69, 9.17) is 5.84 Å². The number of nitrogen functional groups attached to an aromatic ring is 1. The van der Waals surface area contributed by atoms with Gasteiger partial charge in [0.25, 0.3) is 5.91 Å². The Morgan fingerprint density at radius 3 is 3.11 bits per heavy atom. The van der Waals surface area contributed by atoms with Gasteiger partial charge in [0.2, 0.25) is 5.91 Å². The number of nitrogens with two attached hydrogens (primary N) is 1. The maximum atomic E-state index is 11.4. The number of carbonyl (C=O) groups is 2. The molecule has 19 heavy (non-hydrogen) atoms. The van der Waals surface area contributed by atoms with Gasteiger partial charge in [-0.25, -0.2) is 10.8 Å². The number of amides is 2. The van der Waals surface area contributed by atoms with Crippen LogP contribution < -0.4 is 16.6 Å². The SMILES string of the molecule is NNC(=O)c1cccc(CN2CCNC(=O)CC2)n1. The molecule has 1 aromatic rings. The first-order chi connectivity index (χ1) is 9.19. The first-order valence-electron chi connectivity index (χ1n) is 6.15. The smallest absolute Gasteiger partial charge is 0.283 e. The third-order valence-corrected chi connectivity index (χ3v) is 2.96. The van der Waals surface area contributed by atoms with Gasteiger partial charge in [-0.1, -0.05) is 6.07 Å². The molecule has 7 nitrogen and oxygen atoms in total. The summed E-state index contributed by atoms with van der Waals surface area (Å²) in [5.41, 5.74) is 3.14. The van der Waals surface area contributed by atoms with E-state index >= 15 is 0 Å². The first kappa shape index (κ1) is 13.4. The van der Waals surface area contributed by atoms with E-state index in [2.05, 4.69) is 20.6 Å². The van der Waals surface area contributed by atoms with Gasteiger partial charge in [-0.3, -0.25) is 19.9 Å². The minimum Gasteiger partial charge on any atom is -0.355 e. The summed E-state index contributed by atoms with van der Waals surface area (Å²) in [7, 11) is 0. The van der Waals surface area contributed by atoms with Crippen molar-refractivity contribution >= 4 is 11.8 Å². The molecule has 102 valence electrons. The number of hydrazine groups is 1. The molecule has 2 rings (SSSR count). The van der Waals surface area contributed by atoms with E-state index in [0.717, 1.165) is 12.2 Å². The van der Waals surface area contributed by atoms with E-state index < -0.39 is 5.91 Å². The fourth-order valence-corrected chi connectivity index (χ4v) is 1.97. The van der Waals surface area contributed by atoms with Crippen molar-refractivity contribution < 1.29 is 9.59 Å². The molecular formula is C12H17N5O2. The van der Waals surface area contributed by atoms with Crippen LogP contribution >= 0.6 is 0 Å². The van der Waals surface area contributed by atoms with E-state index in [0.29, 0.717) is 31.7 Å². The molecule has 2 heterocycles. The zero-order valence-corrected chi connectivity index (χ0v) is 10.6. The van der Waals surface area contributed by atoms with Crippen molar-refractivity contribution in [1.82, 2.24) is 20.6 Å². The van der Waals surface area contributed by atoms with Crippen LogP contribution in [0.4, 0.5) is 0 Å². The minimum atomic E-state index is -0.408. The third-order valence-electron chi connectivity index (χ3n) is 2.96. The predicted octanol–water partition coefficient (Wildman–Crippen LogP) is -0.993. The molecule has 1 aliphatic heterocycles. The van der Waals surface area contributed by atoms with Crippen LogP contribution in [-0.4, -0.2) is 41.3 Å². The van der Waals surface area contributed by atoms with Crippen molar-refractivity contribution in [3.8, 4) is 0 Å². The minimum absolute atomic E-state index is 0.0757. The monoisotopic (exact) mass is 263 g/mol. The highest BCUT2D eigenvalue weighted by Crippen LogP contribution is 2.06. The summed E-state index contributed by atoms with van der Waals surface area (Å²) in [5.74, 6) is 4.75. The normalized spacial score (nSPS) is 16.6. The summed E-state index contributed by atoms with van der Waals surface area (Å²) in [6, 6.07) is 5.24. The van der Waals surface area contributed by atoms with Crippen LogP contribution in [0.25, 0.3) is 0 Å². The molecule has 1 aromatic heterocycles. The molecule has 1 aliphatic rings. The average molecular weight is 263 g/mol. The number of hydrogen-bond acceptors (Lipinski definition) is 5. The lowest BCUT2D eigenvalue weighted by Crippen LogP contribution is -2.31. The van der Waals surface area contributed by atoms with E-state index in [1.165, 1.54) is 0 Å². The first-order valence-corrected chi connectivity index (χ1v) is 6.15. The molecule has 0 radical (unpaired) electrons. The molecule has 1 fully saturated rings. The molecule has 0 bridgehead atoms. The predicted molar refractivity (Wildman–Crippen MR) is 68.8 cm³/mol. The fraction of sp³-hybridized carbons (Fsp3) is 0.417. The largest absolute Gasteiger partial charge is 0.355 e. The summed E-state index contributed by atoms with van der Waals surface area (Å²) in [6.45, 7) is 2.73. The van der Waals surface area contributed by atoms with Crippen molar-refractivity contribution in [2.45, 2.75) is 13.0 Å². The lowest BCUT2D eigenvalue weighted by molar-refractivity contribution is -0.120. The Bertz CT molecular complexity index is 477. The summed E-state index contributed by atoms with van der Waals surface area (Å²) < 4.78 is 0. The Morgan fingerprint density at radius 1 is 1.47 bits per heavy atom. The van der Waals surface area contributed by atoms with E-state index in [1.807, 2.05) is 6.07 Å². The van der Waals surface area contributed by atoms with Gasteiger partial charge in [0, 0.05) is 32.6 Å². The van der Waals surface area contributed by atoms with Gasteiger partial charge in [-0.15, -0.1) is 0 Å². The second-order valence-electron chi connectivity index (χ2n) is 4.36. The highest BCUT2D eigenvalue weighted by molar-refractivity contribution is 5.91. The quantitative estimate of drug-likeness (QED) is 0.369. The molecule has 7 heteroatoms. The van der Waals surface area contributed by atoms with E-state index in [-0.39, 0.29) is 5.91 Å². The Morgan fingerprint density at radius 2 is 2.32 bits per heavy atom. The molecule has 0 aromatic carbocycles. The zero-order valence-electron chi connectivity index (χ0n) is 10.6. The Kier molecular flexibility index (Phi) is 4.43. The van der Waals surface area contributed by atoms with Crippen molar-refractivity contribution in [3.63, 3.8) is 0 Å². The van der Waals surface area contributed by atoms with Crippen LogP contribution in [0, 0.1) is 0 Å². The maximum Gasteiger partial charge on any atom is 0.283 e. The second-order valence-corrected chi connectivity index (χ2v) is 4.36. The lowest BCUT2D eigenvalue weighted by Gasteiger charge is -2.18. The zero-order chi connectivity index (χ0) is 13.7. The van der Waals surface area contributed by atoms with Crippen LogP contribution in [-0.2, 0) is 11.3 Å². The summed E-state index contributed by atoms with van der Waals surface area (Å²) in [6.07, 6.45) is 0.489. The Balaban J connectivity index is 2.02. The average Bonchev–Trinajstić information content (AvgIpc) is 2.63. The molecule has 0 spiro atoms. The highest BCUT2D eigenvalue weighted by Gasteiger charge is 2.14. The van der Waals surface area contributed by atoms with Crippen molar-refractivity contribution in [2.24, 2.45) is 5.84 Å². The molecular weight excluding hydrogens is 246 g/mol. The van der Waals surface area contributed by atoms with Crippen LogP contribution in [0.3, 0.4) is 0 Å². The summed E-state index contributed by atoms with van der Waals surface area (Å²) >= 11 is 0. The molecule has 0 aliphatic carbocycles. The molecule has 0 saturated carbocycles. The molecule has 2 amide bonds. The van der Waals surface area contributed by atoms with Crippen LogP contribution in [0.5, 0.6) is 0 Å². The number of hydrogen-bond donors (Lipinski definition) is 3. The van der Waals surface area contributed by atoms with Crippen molar-refractivity contribution in [3.05, 3.63) is 29.6 Å². The van der Waals surface area contributed by atoms with Gasteiger partial charge in [0.1, 0.15) is 5.69 Å². The van der Waals surface area contributed by atoms with E-state index in [9.17, 15) is 9.59 Å². The number of nitrogens with zero attached hydrogens (tertiary/aromatic N) is 2. The van der Waals surface area contributed by atoms with E-state index in [1.54, 1.807) is 12.1 Å². The van der Waals surface area contributed by atoms with Gasteiger partial charge in [-0.2, -0.15) is 0 Å². The van der Waals surface area contributed by atoms with Gasteiger partial charge in [0.05, 0.1) is 5.69 Å². The topological polar surface area (TPSA) is 100 Å². The van der Waals surface area contributed by atoms with Crippen LogP contribution in [0.1, 0.15) is 22.6 Å². The lowest BCUT2D eigenvalue weighted by atomic mass is 10.2. The van der Waals surface area contributed by atoms with Gasteiger partial charge >= 0.3 is 0 Å². The van der Waals surface area contributed by atoms with Gasteiger partial charge in [-0.05, 0) is 12.1 Å². The summed E-state index contributed by atoms with van der Waals surface area (Å²) in [4.78, 5) is 29.0. The number of aromatic nitrogens is 1. The number of pyridine rings is 1. The number of rotatable bonds is 3. The Labute approximate surface area is 111 Å². The standard InChI is InChI=1S/C12H17N5O2/c13-16-12(19)10-3-1-2-9(15-10)8-17-6-4-11(18)14-5-7-17/h1-3H,4-8,13H2,(H,14,18)(H,16,19). The van der Waals surface area contributed by atoms with Crippen molar-refractivity contribution in [1.29, 1.82) is 0 Å². The van der Waals surface area contributed by atoms with Crippen LogP contribution in [0.15, 0.2) is 18.2 Å². The molecule has 0 unspecified atom stereocenters. The second kappa shape index (κ2) is 6.26.